The first-order valence-corrected chi connectivity index (χ1v) is 12.3. The third-order valence-electron chi connectivity index (χ3n) is 7.00. The summed E-state index contributed by atoms with van der Waals surface area (Å²) in [7, 11) is 0. The summed E-state index contributed by atoms with van der Waals surface area (Å²) in [4.78, 5) is 20.0. The van der Waals surface area contributed by atoms with Crippen LogP contribution in [0.2, 0.25) is 0 Å². The van der Waals surface area contributed by atoms with E-state index in [2.05, 4.69) is 16.7 Å². The van der Waals surface area contributed by atoms with Crippen LogP contribution in [0, 0.1) is 18.6 Å². The lowest BCUT2D eigenvalue weighted by atomic mass is 10.1. The van der Waals surface area contributed by atoms with Crippen molar-refractivity contribution < 1.29 is 13.6 Å². The predicted octanol–water partition coefficient (Wildman–Crippen LogP) is 4.41. The van der Waals surface area contributed by atoms with E-state index in [4.69, 9.17) is 5.10 Å². The number of amides is 1. The number of rotatable bonds is 7. The molecule has 0 N–H and O–H groups in total. The second kappa shape index (κ2) is 9.77. The minimum atomic E-state index is -0.361. The van der Waals surface area contributed by atoms with Crippen LogP contribution in [0.25, 0.3) is 5.69 Å². The quantitative estimate of drug-likeness (QED) is 0.504. The van der Waals surface area contributed by atoms with Gasteiger partial charge < -0.3 is 14.7 Å². The van der Waals surface area contributed by atoms with Crippen molar-refractivity contribution in [3.8, 4) is 5.69 Å². The largest absolute Gasteiger partial charge is 0.354 e. The second-order valence-corrected chi connectivity index (χ2v) is 9.37. The normalized spacial score (nSPS) is 16.5. The van der Waals surface area contributed by atoms with E-state index in [0.717, 1.165) is 62.6 Å². The standard InChI is InChI=1S/C27H31F2N5O/c1-3-31-13-15-32(16-14-31)26-25(19(2)30-34(26)24-6-4-5-22(29)17-24)18-33(23-11-12-23)27(35)20-7-9-21(28)10-8-20/h4-10,17,23H,3,11-16,18H2,1-2H3. The first-order valence-electron chi connectivity index (χ1n) is 12.3. The van der Waals surface area contributed by atoms with Crippen LogP contribution >= 0.6 is 0 Å². The molecule has 2 aromatic carbocycles. The molecule has 1 aromatic heterocycles. The highest BCUT2D eigenvalue weighted by molar-refractivity contribution is 5.94. The average molecular weight is 480 g/mol. The second-order valence-electron chi connectivity index (χ2n) is 9.37. The van der Waals surface area contributed by atoms with E-state index in [-0.39, 0.29) is 23.6 Å². The summed E-state index contributed by atoms with van der Waals surface area (Å²) in [6.45, 7) is 9.05. The molecule has 0 unspecified atom stereocenters. The molecule has 2 fully saturated rings. The van der Waals surface area contributed by atoms with Crippen LogP contribution < -0.4 is 4.90 Å². The molecule has 0 bridgehead atoms. The highest BCUT2D eigenvalue weighted by atomic mass is 19.1. The fourth-order valence-corrected chi connectivity index (χ4v) is 4.80. The van der Waals surface area contributed by atoms with Crippen LogP contribution in [0.3, 0.4) is 0 Å². The zero-order chi connectivity index (χ0) is 24.5. The molecule has 0 radical (unpaired) electrons. The molecule has 6 nitrogen and oxygen atoms in total. The Bertz CT molecular complexity index is 1200. The number of hydrogen-bond acceptors (Lipinski definition) is 4. The van der Waals surface area contributed by atoms with E-state index >= 15 is 0 Å². The Kier molecular flexibility index (Phi) is 6.56. The van der Waals surface area contributed by atoms with Gasteiger partial charge in [-0.25, -0.2) is 13.5 Å². The van der Waals surface area contributed by atoms with E-state index in [0.29, 0.717) is 17.8 Å². The summed E-state index contributed by atoms with van der Waals surface area (Å²) >= 11 is 0. The van der Waals surface area contributed by atoms with Crippen molar-refractivity contribution in [1.29, 1.82) is 0 Å². The number of piperazine rings is 1. The van der Waals surface area contributed by atoms with Gasteiger partial charge in [-0.1, -0.05) is 13.0 Å². The van der Waals surface area contributed by atoms with Crippen LogP contribution in [-0.2, 0) is 6.54 Å². The lowest BCUT2D eigenvalue weighted by Crippen LogP contribution is -2.47. The van der Waals surface area contributed by atoms with Crippen molar-refractivity contribution in [2.75, 3.05) is 37.6 Å². The number of carbonyl (C=O) groups excluding carboxylic acids is 1. The first kappa shape index (κ1) is 23.5. The zero-order valence-corrected chi connectivity index (χ0v) is 20.3. The van der Waals surface area contributed by atoms with Crippen LogP contribution in [0.4, 0.5) is 14.6 Å². The van der Waals surface area contributed by atoms with E-state index in [1.165, 1.54) is 24.3 Å². The number of benzene rings is 2. The Morgan fingerprint density at radius 2 is 1.74 bits per heavy atom. The first-order chi connectivity index (χ1) is 16.9. The predicted molar refractivity (Wildman–Crippen MR) is 132 cm³/mol. The molecular weight excluding hydrogens is 448 g/mol. The molecule has 184 valence electrons. The van der Waals surface area contributed by atoms with Crippen LogP contribution in [0.15, 0.2) is 48.5 Å². The fourth-order valence-electron chi connectivity index (χ4n) is 4.80. The number of nitrogens with zero attached hydrogens (tertiary/aromatic N) is 5. The molecule has 1 amide bonds. The summed E-state index contributed by atoms with van der Waals surface area (Å²) < 4.78 is 29.4. The molecule has 5 rings (SSSR count). The van der Waals surface area contributed by atoms with Gasteiger partial charge in [-0.3, -0.25) is 4.79 Å². The molecule has 1 saturated carbocycles. The van der Waals surface area contributed by atoms with Crippen LogP contribution in [-0.4, -0.2) is 64.3 Å². The molecule has 1 aliphatic heterocycles. The number of likely N-dealkylation sites (N-methyl/N-ethyl adjacent to an activating group) is 1. The molecule has 8 heteroatoms. The Morgan fingerprint density at radius 3 is 2.37 bits per heavy atom. The van der Waals surface area contributed by atoms with Gasteiger partial charge in [0, 0.05) is 43.3 Å². The molecule has 2 heterocycles. The van der Waals surface area contributed by atoms with E-state index in [1.807, 2.05) is 22.6 Å². The summed E-state index contributed by atoms with van der Waals surface area (Å²) in [6.07, 6.45) is 1.91. The fraction of sp³-hybridized carbons (Fsp3) is 0.407. The number of aromatic nitrogens is 2. The van der Waals surface area contributed by atoms with Gasteiger partial charge in [-0.05, 0) is 68.8 Å². The highest BCUT2D eigenvalue weighted by Gasteiger charge is 2.35. The Balaban J connectivity index is 1.53. The molecule has 3 aromatic rings. The Morgan fingerprint density at radius 1 is 1.03 bits per heavy atom. The van der Waals surface area contributed by atoms with Crippen molar-refractivity contribution in [3.05, 3.63) is 77.0 Å². The summed E-state index contributed by atoms with van der Waals surface area (Å²) in [5.74, 6) is 0.138. The van der Waals surface area contributed by atoms with Gasteiger partial charge in [0.15, 0.2) is 0 Å². The van der Waals surface area contributed by atoms with Gasteiger partial charge in [-0.2, -0.15) is 5.10 Å². The summed E-state index contributed by atoms with van der Waals surface area (Å²) in [5.41, 5.74) is 2.93. The molecule has 1 aliphatic carbocycles. The highest BCUT2D eigenvalue weighted by Crippen LogP contribution is 2.35. The minimum absolute atomic E-state index is 0.104. The third kappa shape index (κ3) is 4.93. The summed E-state index contributed by atoms with van der Waals surface area (Å²) in [6, 6.07) is 12.4. The Hall–Kier alpha value is -3.26. The lowest BCUT2D eigenvalue weighted by Gasteiger charge is -2.36. The zero-order valence-electron chi connectivity index (χ0n) is 20.3. The number of aryl methyl sites for hydroxylation is 1. The topological polar surface area (TPSA) is 44.6 Å². The van der Waals surface area contributed by atoms with Gasteiger partial charge in [0.25, 0.3) is 5.91 Å². The van der Waals surface area contributed by atoms with E-state index in [9.17, 15) is 13.6 Å². The van der Waals surface area contributed by atoms with Crippen molar-refractivity contribution in [2.45, 2.75) is 39.3 Å². The van der Waals surface area contributed by atoms with Gasteiger partial charge in [0.05, 0.1) is 17.9 Å². The van der Waals surface area contributed by atoms with Gasteiger partial charge in [0.1, 0.15) is 17.5 Å². The maximum absolute atomic E-state index is 14.1. The van der Waals surface area contributed by atoms with Crippen molar-refractivity contribution in [3.63, 3.8) is 0 Å². The van der Waals surface area contributed by atoms with Crippen molar-refractivity contribution in [1.82, 2.24) is 19.6 Å². The van der Waals surface area contributed by atoms with Gasteiger partial charge in [0.2, 0.25) is 0 Å². The number of hydrogen-bond donors (Lipinski definition) is 0. The van der Waals surface area contributed by atoms with Gasteiger partial charge in [-0.15, -0.1) is 0 Å². The van der Waals surface area contributed by atoms with Crippen molar-refractivity contribution >= 4 is 11.7 Å². The molecule has 0 atom stereocenters. The van der Waals surface area contributed by atoms with Crippen LogP contribution in [0.1, 0.15) is 41.4 Å². The number of anilines is 1. The van der Waals surface area contributed by atoms with Gasteiger partial charge >= 0.3 is 0 Å². The molecule has 1 saturated heterocycles. The molecule has 2 aliphatic rings. The molecule has 0 spiro atoms. The third-order valence-corrected chi connectivity index (χ3v) is 7.00. The molecule has 35 heavy (non-hydrogen) atoms. The smallest absolute Gasteiger partial charge is 0.254 e. The average Bonchev–Trinajstić information content (AvgIpc) is 3.66. The minimum Gasteiger partial charge on any atom is -0.354 e. The molecular formula is C27H31F2N5O. The van der Waals surface area contributed by atoms with E-state index < -0.39 is 0 Å². The van der Waals surface area contributed by atoms with E-state index in [1.54, 1.807) is 18.2 Å². The number of halogens is 2. The summed E-state index contributed by atoms with van der Waals surface area (Å²) in [5, 5.41) is 4.82. The van der Waals surface area contributed by atoms with Crippen molar-refractivity contribution in [2.24, 2.45) is 0 Å². The maximum Gasteiger partial charge on any atom is 0.254 e. The maximum atomic E-state index is 14.1. The lowest BCUT2D eigenvalue weighted by molar-refractivity contribution is 0.0730. The SMILES string of the molecule is CCN1CCN(c2c(CN(C(=O)c3ccc(F)cc3)C3CC3)c(C)nn2-c2cccc(F)c2)CC1. The monoisotopic (exact) mass is 479 g/mol. The van der Waals surface area contributed by atoms with Crippen LogP contribution in [0.5, 0.6) is 0 Å². The number of carbonyl (C=O) groups is 1. The Labute approximate surface area is 204 Å².